The van der Waals surface area contributed by atoms with E-state index in [1.54, 1.807) is 6.07 Å². The summed E-state index contributed by atoms with van der Waals surface area (Å²) in [5, 5.41) is 3.42. The minimum Gasteiger partial charge on any atom is -0.347 e. The Morgan fingerprint density at radius 3 is 3.06 bits per heavy atom. The second kappa shape index (κ2) is 4.81. The molecular weight excluding hydrogens is 226 g/mol. The lowest BCUT2D eigenvalue weighted by Crippen LogP contribution is -2.22. The highest BCUT2D eigenvalue weighted by Gasteiger charge is 2.05. The second-order valence-electron chi connectivity index (χ2n) is 3.28. The number of benzene rings is 1. The van der Waals surface area contributed by atoms with Crippen LogP contribution in [0.25, 0.3) is 0 Å². The number of halogens is 1. The smallest absolute Gasteiger partial charge is 0.269 e. The molecule has 16 heavy (non-hydrogen) atoms. The van der Waals surface area contributed by atoms with Crippen LogP contribution in [-0.2, 0) is 6.54 Å². The summed E-state index contributed by atoms with van der Waals surface area (Å²) < 4.78 is 0. The lowest BCUT2D eigenvalue weighted by molar-refractivity contribution is 0.0946. The first-order valence-corrected chi connectivity index (χ1v) is 5.14. The summed E-state index contributed by atoms with van der Waals surface area (Å²) in [5.41, 5.74) is 1.40. The Hall–Kier alpha value is -1.81. The summed E-state index contributed by atoms with van der Waals surface area (Å²) in [6, 6.07) is 7.36. The minimum atomic E-state index is -0.183. The number of carbonyl (C=O) groups excluding carboxylic acids is 1. The molecule has 5 heteroatoms. The molecule has 1 amide bonds. The molecule has 0 fully saturated rings. The van der Waals surface area contributed by atoms with Crippen LogP contribution in [-0.4, -0.2) is 15.9 Å². The number of H-pyrrole nitrogens is 1. The highest BCUT2D eigenvalue weighted by atomic mass is 35.5. The number of aromatic nitrogens is 2. The predicted molar refractivity (Wildman–Crippen MR) is 61.2 cm³/mol. The Morgan fingerprint density at radius 1 is 1.50 bits per heavy atom. The van der Waals surface area contributed by atoms with Gasteiger partial charge in [-0.25, -0.2) is 4.98 Å². The van der Waals surface area contributed by atoms with E-state index in [9.17, 15) is 4.79 Å². The molecule has 0 spiro atoms. The lowest BCUT2D eigenvalue weighted by atomic mass is 10.2. The molecule has 2 N–H and O–H groups in total. The van der Waals surface area contributed by atoms with E-state index in [-0.39, 0.29) is 5.91 Å². The number of hydrogen-bond donors (Lipinski definition) is 2. The molecule has 0 unspecified atom stereocenters. The summed E-state index contributed by atoms with van der Waals surface area (Å²) in [7, 11) is 0. The van der Waals surface area contributed by atoms with Gasteiger partial charge in [0.1, 0.15) is 5.69 Å². The van der Waals surface area contributed by atoms with Gasteiger partial charge in [0.05, 0.1) is 12.5 Å². The molecule has 0 saturated heterocycles. The van der Waals surface area contributed by atoms with Crippen molar-refractivity contribution in [1.29, 1.82) is 0 Å². The van der Waals surface area contributed by atoms with Gasteiger partial charge < -0.3 is 10.3 Å². The zero-order valence-corrected chi connectivity index (χ0v) is 9.16. The van der Waals surface area contributed by atoms with Crippen molar-refractivity contribution in [3.63, 3.8) is 0 Å². The quantitative estimate of drug-likeness (QED) is 0.855. The monoisotopic (exact) mass is 235 g/mol. The number of amides is 1. The van der Waals surface area contributed by atoms with Crippen LogP contribution in [0.15, 0.2) is 36.8 Å². The topological polar surface area (TPSA) is 57.8 Å². The Morgan fingerprint density at radius 2 is 2.38 bits per heavy atom. The van der Waals surface area contributed by atoms with E-state index in [2.05, 4.69) is 15.3 Å². The SMILES string of the molecule is O=C(NCc1cccc(Cl)c1)c1cnc[nH]1. The van der Waals surface area contributed by atoms with Gasteiger partial charge in [-0.15, -0.1) is 0 Å². The molecule has 0 aliphatic carbocycles. The minimum absolute atomic E-state index is 0.183. The van der Waals surface area contributed by atoms with Crippen LogP contribution >= 0.6 is 11.6 Å². The third-order valence-corrected chi connectivity index (χ3v) is 2.32. The van der Waals surface area contributed by atoms with Crippen molar-refractivity contribution in [2.75, 3.05) is 0 Å². The average molecular weight is 236 g/mol. The molecule has 0 atom stereocenters. The maximum absolute atomic E-state index is 11.5. The fourth-order valence-corrected chi connectivity index (χ4v) is 1.52. The summed E-state index contributed by atoms with van der Waals surface area (Å²) in [5.74, 6) is -0.183. The number of aromatic amines is 1. The first-order valence-electron chi connectivity index (χ1n) is 4.77. The van der Waals surface area contributed by atoms with Gasteiger partial charge in [-0.05, 0) is 17.7 Å². The fourth-order valence-electron chi connectivity index (χ4n) is 1.30. The molecule has 2 aromatic rings. The molecule has 82 valence electrons. The molecule has 0 aliphatic rings. The average Bonchev–Trinajstić information content (AvgIpc) is 2.79. The number of imidazole rings is 1. The maximum Gasteiger partial charge on any atom is 0.269 e. The summed E-state index contributed by atoms with van der Waals surface area (Å²) in [4.78, 5) is 18.1. The highest BCUT2D eigenvalue weighted by Crippen LogP contribution is 2.10. The lowest BCUT2D eigenvalue weighted by Gasteiger charge is -2.03. The Balaban J connectivity index is 1.95. The molecule has 1 aromatic carbocycles. The van der Waals surface area contributed by atoms with Gasteiger partial charge >= 0.3 is 0 Å². The third kappa shape index (κ3) is 2.61. The maximum atomic E-state index is 11.5. The van der Waals surface area contributed by atoms with Gasteiger partial charge in [0.2, 0.25) is 0 Å². The Bertz CT molecular complexity index is 482. The third-order valence-electron chi connectivity index (χ3n) is 2.08. The van der Waals surface area contributed by atoms with E-state index in [1.165, 1.54) is 12.5 Å². The van der Waals surface area contributed by atoms with E-state index in [0.29, 0.717) is 17.3 Å². The van der Waals surface area contributed by atoms with Crippen LogP contribution < -0.4 is 5.32 Å². The predicted octanol–water partition coefficient (Wildman–Crippen LogP) is 1.99. The molecule has 0 bridgehead atoms. The Kier molecular flexibility index (Phi) is 3.22. The van der Waals surface area contributed by atoms with E-state index < -0.39 is 0 Å². The molecule has 4 nitrogen and oxygen atoms in total. The first-order chi connectivity index (χ1) is 7.75. The summed E-state index contributed by atoms with van der Waals surface area (Å²) in [6.07, 6.45) is 2.95. The van der Waals surface area contributed by atoms with Gasteiger partial charge in [-0.3, -0.25) is 4.79 Å². The molecule has 1 heterocycles. The van der Waals surface area contributed by atoms with Crippen LogP contribution in [0.3, 0.4) is 0 Å². The Labute approximate surface area is 97.7 Å². The number of hydrogen-bond acceptors (Lipinski definition) is 2. The second-order valence-corrected chi connectivity index (χ2v) is 3.71. The highest BCUT2D eigenvalue weighted by molar-refractivity contribution is 6.30. The largest absolute Gasteiger partial charge is 0.347 e. The van der Waals surface area contributed by atoms with Crippen molar-refractivity contribution in [3.8, 4) is 0 Å². The summed E-state index contributed by atoms with van der Waals surface area (Å²) in [6.45, 7) is 0.443. The molecule has 2 rings (SSSR count). The van der Waals surface area contributed by atoms with E-state index >= 15 is 0 Å². The standard InChI is InChI=1S/C11H10ClN3O/c12-9-3-1-2-8(4-9)5-14-11(16)10-6-13-7-15-10/h1-4,6-7H,5H2,(H,13,15)(H,14,16). The normalized spacial score (nSPS) is 10.1. The molecule has 1 aromatic heterocycles. The van der Waals surface area contributed by atoms with Gasteiger partial charge in [0.15, 0.2) is 0 Å². The molecular formula is C11H10ClN3O. The van der Waals surface area contributed by atoms with Gasteiger partial charge in [0.25, 0.3) is 5.91 Å². The zero-order valence-electron chi connectivity index (χ0n) is 8.40. The van der Waals surface area contributed by atoms with Gasteiger partial charge in [-0.1, -0.05) is 23.7 Å². The molecule has 0 saturated carbocycles. The number of nitrogens with zero attached hydrogens (tertiary/aromatic N) is 1. The summed E-state index contributed by atoms with van der Waals surface area (Å²) >= 11 is 5.83. The van der Waals surface area contributed by atoms with E-state index in [4.69, 9.17) is 11.6 Å². The van der Waals surface area contributed by atoms with E-state index in [0.717, 1.165) is 5.56 Å². The molecule has 0 aliphatic heterocycles. The number of carbonyl (C=O) groups is 1. The zero-order chi connectivity index (χ0) is 11.4. The van der Waals surface area contributed by atoms with Crippen LogP contribution in [0.1, 0.15) is 16.1 Å². The number of rotatable bonds is 3. The van der Waals surface area contributed by atoms with Crippen molar-refractivity contribution in [3.05, 3.63) is 53.1 Å². The van der Waals surface area contributed by atoms with Crippen LogP contribution in [0.4, 0.5) is 0 Å². The number of nitrogens with one attached hydrogen (secondary N) is 2. The molecule has 0 radical (unpaired) electrons. The van der Waals surface area contributed by atoms with Crippen molar-refractivity contribution in [2.45, 2.75) is 6.54 Å². The van der Waals surface area contributed by atoms with Gasteiger partial charge in [0, 0.05) is 11.6 Å². The van der Waals surface area contributed by atoms with Crippen molar-refractivity contribution in [1.82, 2.24) is 15.3 Å². The van der Waals surface area contributed by atoms with Crippen molar-refractivity contribution < 1.29 is 4.79 Å². The van der Waals surface area contributed by atoms with Crippen LogP contribution in [0.5, 0.6) is 0 Å². The van der Waals surface area contributed by atoms with Crippen molar-refractivity contribution >= 4 is 17.5 Å². The van der Waals surface area contributed by atoms with E-state index in [1.807, 2.05) is 18.2 Å². The van der Waals surface area contributed by atoms with Gasteiger partial charge in [-0.2, -0.15) is 0 Å². The van der Waals surface area contributed by atoms with Crippen LogP contribution in [0, 0.1) is 0 Å². The van der Waals surface area contributed by atoms with Crippen molar-refractivity contribution in [2.24, 2.45) is 0 Å². The van der Waals surface area contributed by atoms with Crippen LogP contribution in [0.2, 0.25) is 5.02 Å². The first kappa shape index (κ1) is 10.7. The fraction of sp³-hybridized carbons (Fsp3) is 0.0909.